The lowest BCUT2D eigenvalue weighted by molar-refractivity contribution is -0.139. The second-order valence-corrected chi connectivity index (χ2v) is 8.76. The van der Waals surface area contributed by atoms with Crippen molar-refractivity contribution in [1.82, 2.24) is 10.2 Å². The molecule has 2 atom stereocenters. The summed E-state index contributed by atoms with van der Waals surface area (Å²) in [5, 5.41) is 3.02. The first kappa shape index (κ1) is 24.9. The topological polar surface area (TPSA) is 49.4 Å². The average Bonchev–Trinajstić information content (AvgIpc) is 2.76. The van der Waals surface area contributed by atoms with Gasteiger partial charge in [0.15, 0.2) is 0 Å². The van der Waals surface area contributed by atoms with E-state index in [-0.39, 0.29) is 29.4 Å². The SMILES string of the molecule is CC[C@H](C)NC(=O)[C@H](CC)N(Cc1ccccc1C)C(=O)CSCc1ccccc1F. The fourth-order valence-electron chi connectivity index (χ4n) is 3.28. The van der Waals surface area contributed by atoms with E-state index in [9.17, 15) is 14.0 Å². The van der Waals surface area contributed by atoms with E-state index in [1.165, 1.54) is 17.8 Å². The van der Waals surface area contributed by atoms with Crippen molar-refractivity contribution in [3.63, 3.8) is 0 Å². The Morgan fingerprint density at radius 1 is 1.03 bits per heavy atom. The molecule has 168 valence electrons. The van der Waals surface area contributed by atoms with Gasteiger partial charge in [-0.2, -0.15) is 0 Å². The summed E-state index contributed by atoms with van der Waals surface area (Å²) in [6, 6.07) is 14.0. The van der Waals surface area contributed by atoms with Crippen LogP contribution in [0, 0.1) is 12.7 Å². The number of nitrogens with one attached hydrogen (secondary N) is 1. The largest absolute Gasteiger partial charge is 0.352 e. The first-order valence-corrected chi connectivity index (χ1v) is 12.0. The van der Waals surface area contributed by atoms with Crippen molar-refractivity contribution in [2.75, 3.05) is 5.75 Å². The van der Waals surface area contributed by atoms with E-state index in [1.54, 1.807) is 23.1 Å². The highest BCUT2D eigenvalue weighted by Crippen LogP contribution is 2.20. The number of amides is 2. The molecule has 0 aliphatic heterocycles. The Labute approximate surface area is 189 Å². The molecule has 2 aromatic carbocycles. The van der Waals surface area contributed by atoms with Gasteiger partial charge in [0.1, 0.15) is 11.9 Å². The number of carbonyl (C=O) groups is 2. The zero-order valence-corrected chi connectivity index (χ0v) is 19.7. The molecule has 4 nitrogen and oxygen atoms in total. The van der Waals surface area contributed by atoms with Gasteiger partial charge in [0.2, 0.25) is 11.8 Å². The van der Waals surface area contributed by atoms with E-state index in [2.05, 4.69) is 5.32 Å². The number of nitrogens with zero attached hydrogens (tertiary/aromatic N) is 1. The van der Waals surface area contributed by atoms with Crippen LogP contribution in [0.15, 0.2) is 48.5 Å². The number of hydrogen-bond donors (Lipinski definition) is 1. The fraction of sp³-hybridized carbons (Fsp3) is 0.440. The van der Waals surface area contributed by atoms with Gasteiger partial charge in [-0.1, -0.05) is 56.3 Å². The summed E-state index contributed by atoms with van der Waals surface area (Å²) in [7, 11) is 0. The molecule has 0 aliphatic rings. The molecule has 0 saturated carbocycles. The molecule has 0 spiro atoms. The number of halogens is 1. The predicted molar refractivity (Wildman–Crippen MR) is 126 cm³/mol. The lowest BCUT2D eigenvalue weighted by Crippen LogP contribution is -2.51. The third-order valence-electron chi connectivity index (χ3n) is 5.43. The molecule has 31 heavy (non-hydrogen) atoms. The van der Waals surface area contributed by atoms with Crippen LogP contribution < -0.4 is 5.32 Å². The van der Waals surface area contributed by atoms with Crippen molar-refractivity contribution in [2.24, 2.45) is 0 Å². The Morgan fingerprint density at radius 3 is 2.29 bits per heavy atom. The lowest BCUT2D eigenvalue weighted by atomic mass is 10.1. The Morgan fingerprint density at radius 2 is 1.68 bits per heavy atom. The second kappa shape index (κ2) is 12.5. The van der Waals surface area contributed by atoms with Crippen molar-refractivity contribution in [1.29, 1.82) is 0 Å². The van der Waals surface area contributed by atoms with Crippen molar-refractivity contribution < 1.29 is 14.0 Å². The molecular weight excluding hydrogens is 411 g/mol. The van der Waals surface area contributed by atoms with Gasteiger partial charge in [0.05, 0.1) is 5.75 Å². The zero-order valence-electron chi connectivity index (χ0n) is 18.9. The van der Waals surface area contributed by atoms with Gasteiger partial charge in [0, 0.05) is 18.3 Å². The molecule has 2 rings (SSSR count). The van der Waals surface area contributed by atoms with E-state index in [4.69, 9.17) is 0 Å². The maximum atomic E-state index is 13.9. The Hall–Kier alpha value is -2.34. The summed E-state index contributed by atoms with van der Waals surface area (Å²) < 4.78 is 13.9. The zero-order chi connectivity index (χ0) is 22.8. The van der Waals surface area contributed by atoms with Crippen LogP contribution in [0.4, 0.5) is 4.39 Å². The molecule has 1 N–H and O–H groups in total. The summed E-state index contributed by atoms with van der Waals surface area (Å²) >= 11 is 1.37. The Bertz CT molecular complexity index is 874. The standard InChI is InChI=1S/C25H33FN2O2S/c1-5-19(4)27-25(30)23(6-2)28(15-20-12-8-7-11-18(20)3)24(29)17-31-16-21-13-9-10-14-22(21)26/h7-14,19,23H,5-6,15-17H2,1-4H3,(H,27,30)/t19-,23-/m0/s1. The van der Waals surface area contributed by atoms with Gasteiger partial charge in [-0.3, -0.25) is 9.59 Å². The highest BCUT2D eigenvalue weighted by molar-refractivity contribution is 7.99. The third kappa shape index (κ3) is 7.39. The van der Waals surface area contributed by atoms with Crippen LogP contribution in [-0.2, 0) is 21.9 Å². The third-order valence-corrected chi connectivity index (χ3v) is 6.40. The molecule has 6 heteroatoms. The maximum absolute atomic E-state index is 13.9. The lowest BCUT2D eigenvalue weighted by Gasteiger charge is -2.32. The van der Waals surface area contributed by atoms with Gasteiger partial charge in [-0.15, -0.1) is 11.8 Å². The van der Waals surface area contributed by atoms with Gasteiger partial charge < -0.3 is 10.2 Å². The monoisotopic (exact) mass is 444 g/mol. The summed E-state index contributed by atoms with van der Waals surface area (Å²) in [5.41, 5.74) is 2.67. The highest BCUT2D eigenvalue weighted by Gasteiger charge is 2.29. The van der Waals surface area contributed by atoms with Crippen LogP contribution in [0.2, 0.25) is 0 Å². The van der Waals surface area contributed by atoms with E-state index >= 15 is 0 Å². The molecule has 0 unspecified atom stereocenters. The van der Waals surface area contributed by atoms with Crippen molar-refractivity contribution in [3.8, 4) is 0 Å². The van der Waals surface area contributed by atoms with Gasteiger partial charge in [0.25, 0.3) is 0 Å². The molecule has 0 bridgehead atoms. The minimum atomic E-state index is -0.546. The molecule has 0 heterocycles. The van der Waals surface area contributed by atoms with Crippen molar-refractivity contribution in [3.05, 3.63) is 71.0 Å². The van der Waals surface area contributed by atoms with Crippen molar-refractivity contribution >= 4 is 23.6 Å². The van der Waals surface area contributed by atoms with Crippen LogP contribution in [0.3, 0.4) is 0 Å². The molecular formula is C25H33FN2O2S. The fourth-order valence-corrected chi connectivity index (χ4v) is 4.17. The molecule has 0 radical (unpaired) electrons. The minimum Gasteiger partial charge on any atom is -0.352 e. The smallest absolute Gasteiger partial charge is 0.243 e. The number of thioether (sulfide) groups is 1. The van der Waals surface area contributed by atoms with E-state index in [0.717, 1.165) is 17.5 Å². The summed E-state index contributed by atoms with van der Waals surface area (Å²) in [6.07, 6.45) is 1.35. The van der Waals surface area contributed by atoms with Gasteiger partial charge >= 0.3 is 0 Å². The summed E-state index contributed by atoms with van der Waals surface area (Å²) in [6.45, 7) is 8.28. The quantitative estimate of drug-likeness (QED) is 0.525. The van der Waals surface area contributed by atoms with Crippen LogP contribution >= 0.6 is 11.8 Å². The Balaban J connectivity index is 2.16. The predicted octanol–water partition coefficient (Wildman–Crippen LogP) is 5.09. The molecule has 0 fully saturated rings. The second-order valence-electron chi connectivity index (χ2n) is 7.77. The first-order valence-electron chi connectivity index (χ1n) is 10.8. The number of benzene rings is 2. The average molecular weight is 445 g/mol. The molecule has 2 amide bonds. The summed E-state index contributed by atoms with van der Waals surface area (Å²) in [5.74, 6) is 0.0898. The van der Waals surface area contributed by atoms with E-state index in [1.807, 2.05) is 52.0 Å². The number of carbonyl (C=O) groups excluding carboxylic acids is 2. The minimum absolute atomic E-state index is 0.0485. The van der Waals surface area contributed by atoms with E-state index in [0.29, 0.717) is 24.3 Å². The molecule has 2 aromatic rings. The van der Waals surface area contributed by atoms with Gasteiger partial charge in [-0.25, -0.2) is 4.39 Å². The number of rotatable bonds is 11. The normalized spacial score (nSPS) is 12.8. The number of aryl methyl sites for hydroxylation is 1. The van der Waals surface area contributed by atoms with Crippen LogP contribution in [0.1, 0.15) is 50.3 Å². The maximum Gasteiger partial charge on any atom is 0.243 e. The summed E-state index contributed by atoms with van der Waals surface area (Å²) in [4.78, 5) is 27.8. The highest BCUT2D eigenvalue weighted by atomic mass is 32.2. The van der Waals surface area contributed by atoms with E-state index < -0.39 is 6.04 Å². The van der Waals surface area contributed by atoms with Crippen LogP contribution in [0.25, 0.3) is 0 Å². The first-order chi connectivity index (χ1) is 14.9. The molecule has 0 saturated heterocycles. The molecule has 0 aliphatic carbocycles. The Kier molecular flexibility index (Phi) is 10.0. The van der Waals surface area contributed by atoms with Crippen molar-refractivity contribution in [2.45, 2.75) is 64.9 Å². The molecule has 0 aromatic heterocycles. The van der Waals surface area contributed by atoms with Crippen LogP contribution in [-0.4, -0.2) is 34.6 Å². The van der Waals surface area contributed by atoms with Crippen LogP contribution in [0.5, 0.6) is 0 Å². The van der Waals surface area contributed by atoms with Gasteiger partial charge in [-0.05, 0) is 49.4 Å². The number of hydrogen-bond acceptors (Lipinski definition) is 3.